The summed E-state index contributed by atoms with van der Waals surface area (Å²) in [5.41, 5.74) is 0.354. The van der Waals surface area contributed by atoms with Crippen LogP contribution in [0.4, 0.5) is 4.39 Å². The van der Waals surface area contributed by atoms with Crippen LogP contribution in [0.25, 0.3) is 0 Å². The summed E-state index contributed by atoms with van der Waals surface area (Å²) in [6.07, 6.45) is 1.59. The number of benzene rings is 1. The van der Waals surface area contributed by atoms with Crippen LogP contribution < -0.4 is 4.74 Å². The van der Waals surface area contributed by atoms with Crippen LogP contribution in [-0.2, 0) is 9.53 Å². The predicted octanol–water partition coefficient (Wildman–Crippen LogP) is 1.96. The number of nitrogens with one attached hydrogen (secondary N) is 1. The Balaban J connectivity index is 1.76. The third-order valence-electron chi connectivity index (χ3n) is 2.44. The predicted molar refractivity (Wildman–Crippen MR) is 68.0 cm³/mol. The Hall–Kier alpha value is -2.63. The molecule has 1 aromatic heterocycles. The summed E-state index contributed by atoms with van der Waals surface area (Å²) < 4.78 is 22.9. The molecule has 0 aliphatic rings. The summed E-state index contributed by atoms with van der Waals surface area (Å²) in [6, 6.07) is 8.94. The molecule has 0 aliphatic heterocycles. The van der Waals surface area contributed by atoms with Crippen LogP contribution in [0, 0.1) is 5.82 Å². The number of carbonyl (C=O) groups is 2. The third-order valence-corrected chi connectivity index (χ3v) is 2.44. The molecule has 6 heteroatoms. The molecule has 0 saturated carbocycles. The van der Waals surface area contributed by atoms with Gasteiger partial charge in [0, 0.05) is 6.20 Å². The van der Waals surface area contributed by atoms with Gasteiger partial charge < -0.3 is 14.5 Å². The number of carbonyl (C=O) groups excluding carboxylic acids is 2. The van der Waals surface area contributed by atoms with Crippen molar-refractivity contribution in [3.63, 3.8) is 0 Å². The monoisotopic (exact) mass is 277 g/mol. The maximum Gasteiger partial charge on any atom is 0.344 e. The van der Waals surface area contributed by atoms with Gasteiger partial charge in [-0.1, -0.05) is 12.1 Å². The van der Waals surface area contributed by atoms with Crippen LogP contribution in [-0.4, -0.2) is 30.0 Å². The molecule has 0 unspecified atom stereocenters. The highest BCUT2D eigenvalue weighted by atomic mass is 19.1. The molecule has 0 atom stereocenters. The minimum absolute atomic E-state index is 0.0415. The summed E-state index contributed by atoms with van der Waals surface area (Å²) in [4.78, 5) is 25.6. The molecule has 0 saturated heterocycles. The highest BCUT2D eigenvalue weighted by molar-refractivity contribution is 5.96. The number of ether oxygens (including phenoxy) is 2. The van der Waals surface area contributed by atoms with Crippen LogP contribution in [0.5, 0.6) is 5.75 Å². The van der Waals surface area contributed by atoms with Crippen molar-refractivity contribution >= 4 is 11.8 Å². The van der Waals surface area contributed by atoms with Gasteiger partial charge >= 0.3 is 5.97 Å². The molecule has 2 aromatic rings. The number of rotatable bonds is 6. The fourth-order valence-electron chi connectivity index (χ4n) is 1.47. The largest absolute Gasteiger partial charge is 0.479 e. The van der Waals surface area contributed by atoms with Crippen molar-refractivity contribution in [2.45, 2.75) is 0 Å². The maximum absolute atomic E-state index is 13.2. The number of hydrogen-bond acceptors (Lipinski definition) is 4. The molecule has 0 aliphatic carbocycles. The number of esters is 1. The average Bonchev–Trinajstić information content (AvgIpc) is 2.98. The lowest BCUT2D eigenvalue weighted by Crippen LogP contribution is -2.19. The van der Waals surface area contributed by atoms with E-state index in [9.17, 15) is 14.0 Å². The van der Waals surface area contributed by atoms with E-state index >= 15 is 0 Å². The van der Waals surface area contributed by atoms with Crippen molar-refractivity contribution in [2.24, 2.45) is 0 Å². The number of Topliss-reactive ketones (excluding diaryl/α,β-unsaturated/α-hetero) is 1. The standard InChI is InChI=1S/C14H12FNO4/c15-10-4-1-2-6-13(10)19-9-14(18)20-8-12(17)11-5-3-7-16-11/h1-7,16H,8-9H2. The Morgan fingerprint density at radius 2 is 1.90 bits per heavy atom. The molecular weight excluding hydrogens is 265 g/mol. The van der Waals surface area contributed by atoms with Gasteiger partial charge in [-0.2, -0.15) is 0 Å². The molecule has 1 aromatic carbocycles. The molecule has 5 nitrogen and oxygen atoms in total. The highest BCUT2D eigenvalue weighted by Crippen LogP contribution is 2.15. The number of ketones is 1. The fourth-order valence-corrected chi connectivity index (χ4v) is 1.47. The first-order valence-corrected chi connectivity index (χ1v) is 5.86. The van der Waals surface area contributed by atoms with Gasteiger partial charge in [-0.05, 0) is 24.3 Å². The van der Waals surface area contributed by atoms with Crippen LogP contribution >= 0.6 is 0 Å². The van der Waals surface area contributed by atoms with E-state index in [1.165, 1.54) is 18.2 Å². The zero-order valence-corrected chi connectivity index (χ0v) is 10.5. The molecule has 1 N–H and O–H groups in total. The minimum Gasteiger partial charge on any atom is -0.479 e. The second-order valence-corrected chi connectivity index (χ2v) is 3.89. The SMILES string of the molecule is O=C(COc1ccccc1F)OCC(=O)c1ccc[nH]1. The zero-order chi connectivity index (χ0) is 14.4. The van der Waals surface area contributed by atoms with Gasteiger partial charge in [0.2, 0.25) is 5.78 Å². The molecule has 0 amide bonds. The second kappa shape index (κ2) is 6.51. The Kier molecular flexibility index (Phi) is 4.49. The summed E-state index contributed by atoms with van der Waals surface area (Å²) in [7, 11) is 0. The molecule has 0 fully saturated rings. The minimum atomic E-state index is -0.742. The van der Waals surface area contributed by atoms with Gasteiger partial charge in [0.1, 0.15) is 0 Å². The van der Waals surface area contributed by atoms with E-state index in [0.29, 0.717) is 5.69 Å². The number of hydrogen-bond donors (Lipinski definition) is 1. The summed E-state index contributed by atoms with van der Waals surface area (Å²) >= 11 is 0. The van der Waals surface area contributed by atoms with Gasteiger partial charge in [0.15, 0.2) is 24.8 Å². The average molecular weight is 277 g/mol. The Labute approximate surface area is 114 Å². The van der Waals surface area contributed by atoms with Crippen molar-refractivity contribution < 1.29 is 23.5 Å². The normalized spacial score (nSPS) is 10.1. The van der Waals surface area contributed by atoms with Crippen LogP contribution in [0.3, 0.4) is 0 Å². The van der Waals surface area contributed by atoms with Crippen LogP contribution in [0.1, 0.15) is 10.5 Å². The number of para-hydroxylation sites is 1. The van der Waals surface area contributed by atoms with Crippen LogP contribution in [0.15, 0.2) is 42.6 Å². The van der Waals surface area contributed by atoms with E-state index in [4.69, 9.17) is 9.47 Å². The zero-order valence-electron chi connectivity index (χ0n) is 10.5. The van der Waals surface area contributed by atoms with E-state index in [-0.39, 0.29) is 18.1 Å². The number of aromatic amines is 1. The maximum atomic E-state index is 13.2. The lowest BCUT2D eigenvalue weighted by Gasteiger charge is -2.06. The molecule has 20 heavy (non-hydrogen) atoms. The van der Waals surface area contributed by atoms with Crippen molar-refractivity contribution in [1.29, 1.82) is 0 Å². The molecule has 0 bridgehead atoms. The quantitative estimate of drug-likeness (QED) is 0.647. The Morgan fingerprint density at radius 1 is 1.10 bits per heavy atom. The topological polar surface area (TPSA) is 68.4 Å². The van der Waals surface area contributed by atoms with Gasteiger partial charge in [-0.3, -0.25) is 4.79 Å². The highest BCUT2D eigenvalue weighted by Gasteiger charge is 2.11. The second-order valence-electron chi connectivity index (χ2n) is 3.89. The molecule has 1 heterocycles. The van der Waals surface area contributed by atoms with E-state index in [2.05, 4.69) is 4.98 Å². The first-order valence-electron chi connectivity index (χ1n) is 5.86. The van der Waals surface area contributed by atoms with Crippen molar-refractivity contribution in [1.82, 2.24) is 4.98 Å². The lowest BCUT2D eigenvalue weighted by molar-refractivity contribution is -0.144. The molecule has 2 rings (SSSR count). The van der Waals surface area contributed by atoms with E-state index in [1.807, 2.05) is 0 Å². The van der Waals surface area contributed by atoms with Gasteiger partial charge in [-0.25, -0.2) is 9.18 Å². The smallest absolute Gasteiger partial charge is 0.344 e. The first kappa shape index (κ1) is 13.8. The van der Waals surface area contributed by atoms with E-state index < -0.39 is 18.4 Å². The van der Waals surface area contributed by atoms with Gasteiger partial charge in [0.05, 0.1) is 5.69 Å². The fraction of sp³-hybridized carbons (Fsp3) is 0.143. The van der Waals surface area contributed by atoms with Gasteiger partial charge in [0.25, 0.3) is 0 Å². The van der Waals surface area contributed by atoms with Crippen molar-refractivity contribution in [3.8, 4) is 5.75 Å². The van der Waals surface area contributed by atoms with Crippen molar-refractivity contribution in [3.05, 3.63) is 54.1 Å². The Bertz CT molecular complexity index is 595. The molecule has 0 radical (unpaired) electrons. The summed E-state index contributed by atoms with van der Waals surface area (Å²) in [6.45, 7) is -0.848. The van der Waals surface area contributed by atoms with Crippen molar-refractivity contribution in [2.75, 3.05) is 13.2 Å². The number of halogens is 1. The third kappa shape index (κ3) is 3.68. The van der Waals surface area contributed by atoms with Gasteiger partial charge in [-0.15, -0.1) is 0 Å². The first-order chi connectivity index (χ1) is 9.66. The number of H-pyrrole nitrogens is 1. The molecular formula is C14H12FNO4. The molecule has 104 valence electrons. The Morgan fingerprint density at radius 3 is 2.60 bits per heavy atom. The number of aromatic nitrogens is 1. The summed E-state index contributed by atoms with van der Waals surface area (Å²) in [5, 5.41) is 0. The molecule has 0 spiro atoms. The van der Waals surface area contributed by atoms with E-state index in [1.54, 1.807) is 24.4 Å². The van der Waals surface area contributed by atoms with Crippen LogP contribution in [0.2, 0.25) is 0 Å². The summed E-state index contributed by atoms with van der Waals surface area (Å²) in [5.74, 6) is -1.70. The van der Waals surface area contributed by atoms with E-state index in [0.717, 1.165) is 0 Å². The lowest BCUT2D eigenvalue weighted by atomic mass is 10.3.